The van der Waals surface area contributed by atoms with Gasteiger partial charge in [-0.2, -0.15) is 0 Å². The molecular formula is C24H50O2Sn. The van der Waals surface area contributed by atoms with Crippen LogP contribution in [0.3, 0.4) is 0 Å². The number of unbranched alkanes of at least 4 members (excludes halogenated alkanes) is 11. The zero-order chi connectivity index (χ0) is 20.6. The van der Waals surface area contributed by atoms with Gasteiger partial charge in [-0.05, 0) is 12.8 Å². The van der Waals surface area contributed by atoms with Gasteiger partial charge in [-0.3, -0.25) is 4.79 Å². The molecule has 0 saturated carbocycles. The molecule has 0 amide bonds. The summed E-state index contributed by atoms with van der Waals surface area (Å²) in [6, 6.07) is 0. The quantitative estimate of drug-likeness (QED) is 0.146. The van der Waals surface area contributed by atoms with Crippen LogP contribution in [0.25, 0.3) is 0 Å². The third-order valence-electron chi connectivity index (χ3n) is 5.16. The minimum absolute atomic E-state index is 0.0736. The second-order valence-corrected chi connectivity index (χ2v) is 12.2. The molecule has 0 spiro atoms. The first-order chi connectivity index (χ1) is 13.1. The number of hydrogen-bond donors (Lipinski definition) is 1. The molecule has 2 radical (unpaired) electrons. The normalized spacial score (nSPS) is 11.7. The topological polar surface area (TPSA) is 37.3 Å². The van der Waals surface area contributed by atoms with Crippen molar-refractivity contribution in [2.45, 2.75) is 139 Å². The average molecular weight is 489 g/mol. The van der Waals surface area contributed by atoms with Crippen LogP contribution < -0.4 is 0 Å². The Kier molecular flexibility index (Phi) is 28.7. The van der Waals surface area contributed by atoms with Crippen LogP contribution in [0.4, 0.5) is 0 Å². The predicted octanol–water partition coefficient (Wildman–Crippen LogP) is 8.54. The Hall–Kier alpha value is 0.269. The molecule has 3 heteroatoms. The SMILES string of the molecule is CCCCC(CC)C(=O)O.CCCCCCC[CH2][Sn][CH2]CCCCCCC. The van der Waals surface area contributed by atoms with Crippen LogP contribution in [0.15, 0.2) is 0 Å². The van der Waals surface area contributed by atoms with Crippen LogP contribution in [0, 0.1) is 5.92 Å². The van der Waals surface area contributed by atoms with Gasteiger partial charge in [0.05, 0.1) is 5.92 Å². The molecule has 0 heterocycles. The summed E-state index contributed by atoms with van der Waals surface area (Å²) >= 11 is 0.0736. The maximum atomic E-state index is 10.4. The van der Waals surface area contributed by atoms with Gasteiger partial charge in [0.1, 0.15) is 0 Å². The number of rotatable bonds is 19. The standard InChI is InChI=1S/C8H16O2.2C8H17.Sn/c1-3-5-6-7(4-2)8(9)10;2*1-3-5-7-8-6-4-2;/h7H,3-6H2,1-2H3,(H,9,10);2*1,3-8H2,2H3;. The van der Waals surface area contributed by atoms with Gasteiger partial charge in [0.2, 0.25) is 0 Å². The number of hydrogen-bond acceptors (Lipinski definition) is 1. The van der Waals surface area contributed by atoms with E-state index in [1.807, 2.05) is 6.92 Å². The van der Waals surface area contributed by atoms with E-state index >= 15 is 0 Å². The van der Waals surface area contributed by atoms with E-state index in [2.05, 4.69) is 20.8 Å². The molecular weight excluding hydrogens is 439 g/mol. The van der Waals surface area contributed by atoms with E-state index in [9.17, 15) is 4.79 Å². The molecule has 0 saturated heterocycles. The van der Waals surface area contributed by atoms with Crippen molar-refractivity contribution >= 4 is 27.1 Å². The zero-order valence-corrected chi connectivity index (χ0v) is 22.0. The molecule has 27 heavy (non-hydrogen) atoms. The van der Waals surface area contributed by atoms with Crippen molar-refractivity contribution in [1.82, 2.24) is 0 Å². The van der Waals surface area contributed by atoms with Crippen molar-refractivity contribution in [3.63, 3.8) is 0 Å². The Labute approximate surface area is 181 Å². The van der Waals surface area contributed by atoms with Crippen LogP contribution >= 0.6 is 0 Å². The Morgan fingerprint density at radius 2 is 1.07 bits per heavy atom. The molecule has 0 aliphatic rings. The Balaban J connectivity index is 0. The molecule has 0 bridgehead atoms. The summed E-state index contributed by atoms with van der Waals surface area (Å²) in [4.78, 5) is 10.4. The van der Waals surface area contributed by atoms with Crippen molar-refractivity contribution < 1.29 is 9.90 Å². The van der Waals surface area contributed by atoms with Gasteiger partial charge in [0.25, 0.3) is 0 Å². The number of carboxylic acids is 1. The first-order valence-corrected chi connectivity index (χ1v) is 16.1. The molecule has 1 N–H and O–H groups in total. The molecule has 2 nitrogen and oxygen atoms in total. The monoisotopic (exact) mass is 490 g/mol. The molecule has 0 aliphatic heterocycles. The van der Waals surface area contributed by atoms with Gasteiger partial charge in [0.15, 0.2) is 0 Å². The van der Waals surface area contributed by atoms with Crippen LogP contribution in [0.5, 0.6) is 0 Å². The molecule has 0 fully saturated rings. The van der Waals surface area contributed by atoms with Crippen molar-refractivity contribution in [1.29, 1.82) is 0 Å². The molecule has 1 unspecified atom stereocenters. The molecule has 0 rings (SSSR count). The summed E-state index contributed by atoms with van der Waals surface area (Å²) in [6.07, 6.45) is 21.5. The predicted molar refractivity (Wildman–Crippen MR) is 123 cm³/mol. The van der Waals surface area contributed by atoms with Crippen LogP contribution in [-0.4, -0.2) is 32.2 Å². The van der Waals surface area contributed by atoms with E-state index in [0.717, 1.165) is 25.7 Å². The second-order valence-electron chi connectivity index (χ2n) is 7.87. The fraction of sp³-hybridized carbons (Fsp3) is 0.958. The Morgan fingerprint density at radius 3 is 1.44 bits per heavy atom. The van der Waals surface area contributed by atoms with Gasteiger partial charge in [-0.1, -0.05) is 26.7 Å². The average Bonchev–Trinajstić information content (AvgIpc) is 2.66. The summed E-state index contributed by atoms with van der Waals surface area (Å²) in [5.41, 5.74) is 0. The second kappa shape index (κ2) is 26.3. The summed E-state index contributed by atoms with van der Waals surface area (Å²) < 4.78 is 3.31. The third kappa shape index (κ3) is 26.3. The molecule has 0 aromatic rings. The maximum absolute atomic E-state index is 10.4. The van der Waals surface area contributed by atoms with Crippen molar-refractivity contribution in [3.8, 4) is 0 Å². The van der Waals surface area contributed by atoms with Crippen molar-refractivity contribution in [3.05, 3.63) is 0 Å². The molecule has 0 aromatic carbocycles. The minimum atomic E-state index is -0.643. The van der Waals surface area contributed by atoms with Gasteiger partial charge in [0, 0.05) is 0 Å². The van der Waals surface area contributed by atoms with Gasteiger partial charge >= 0.3 is 127 Å². The summed E-state index contributed by atoms with van der Waals surface area (Å²) in [5.74, 6) is -0.754. The molecule has 0 aliphatic carbocycles. The van der Waals surface area contributed by atoms with Crippen molar-refractivity contribution in [2.24, 2.45) is 5.92 Å². The molecule has 1 atom stereocenters. The zero-order valence-electron chi connectivity index (χ0n) is 19.2. The van der Waals surface area contributed by atoms with Crippen molar-refractivity contribution in [2.75, 3.05) is 0 Å². The van der Waals surface area contributed by atoms with Gasteiger partial charge in [-0.25, -0.2) is 0 Å². The number of carboxylic acid groups (broad SMARTS) is 1. The van der Waals surface area contributed by atoms with Crippen LogP contribution in [-0.2, 0) is 4.79 Å². The van der Waals surface area contributed by atoms with E-state index in [-0.39, 0.29) is 27.1 Å². The Bertz CT molecular complexity index is 268. The van der Waals surface area contributed by atoms with E-state index in [1.54, 1.807) is 21.7 Å². The fourth-order valence-electron chi connectivity index (χ4n) is 3.14. The third-order valence-corrected chi connectivity index (χ3v) is 9.20. The van der Waals surface area contributed by atoms with E-state index in [0.29, 0.717) is 0 Å². The first-order valence-electron chi connectivity index (χ1n) is 12.1. The summed E-state index contributed by atoms with van der Waals surface area (Å²) in [5, 5.41) is 8.60. The summed E-state index contributed by atoms with van der Waals surface area (Å²) in [6.45, 7) is 8.60. The van der Waals surface area contributed by atoms with Gasteiger partial charge in [-0.15, -0.1) is 0 Å². The van der Waals surface area contributed by atoms with Crippen LogP contribution in [0.2, 0.25) is 8.87 Å². The number of carbonyl (C=O) groups is 1. The van der Waals surface area contributed by atoms with E-state index in [4.69, 9.17) is 5.11 Å². The summed E-state index contributed by atoms with van der Waals surface area (Å²) in [7, 11) is 0. The van der Waals surface area contributed by atoms with Crippen LogP contribution in [0.1, 0.15) is 130 Å². The first kappa shape index (κ1) is 29.5. The number of aliphatic carboxylic acids is 1. The van der Waals surface area contributed by atoms with Gasteiger partial charge < -0.3 is 5.11 Å². The molecule has 162 valence electrons. The Morgan fingerprint density at radius 1 is 0.667 bits per heavy atom. The molecule has 0 aromatic heterocycles. The van der Waals surface area contributed by atoms with E-state index in [1.165, 1.54) is 64.2 Å². The van der Waals surface area contributed by atoms with E-state index < -0.39 is 5.97 Å². The fourth-order valence-corrected chi connectivity index (χ4v) is 6.71.